The van der Waals surface area contributed by atoms with Crippen LogP contribution in [0.15, 0.2) is 12.2 Å². The highest BCUT2D eigenvalue weighted by molar-refractivity contribution is 4.94. The van der Waals surface area contributed by atoms with Crippen LogP contribution in [-0.2, 0) is 0 Å². The lowest BCUT2D eigenvalue weighted by Crippen LogP contribution is -1.84. The molecule has 0 nitrogen and oxygen atoms in total. The summed E-state index contributed by atoms with van der Waals surface area (Å²) in [5.74, 6) is 0. The standard InChI is InChI=1S/C20H37/c1-2-4-6-8-10-12-14-16-18-20-19-17-15-13-11-9-7-5-3-1/h1-3H,4-20H2/b2-1-. The van der Waals surface area contributed by atoms with Crippen molar-refractivity contribution in [3.05, 3.63) is 18.6 Å². The minimum Gasteiger partial charge on any atom is -0.0882 e. The van der Waals surface area contributed by atoms with E-state index in [1.54, 1.807) is 0 Å². The minimum atomic E-state index is 1.29. The molecule has 0 fully saturated rings. The van der Waals surface area contributed by atoms with E-state index in [0.29, 0.717) is 0 Å². The van der Waals surface area contributed by atoms with Crippen molar-refractivity contribution in [1.82, 2.24) is 0 Å². The Labute approximate surface area is 128 Å². The molecule has 0 aromatic heterocycles. The smallest absolute Gasteiger partial charge is 0.0171 e. The zero-order valence-corrected chi connectivity index (χ0v) is 13.8. The molecule has 0 spiro atoms. The fourth-order valence-corrected chi connectivity index (χ4v) is 3.11. The Hall–Kier alpha value is -0.260. The second-order valence-electron chi connectivity index (χ2n) is 6.54. The summed E-state index contributed by atoms with van der Waals surface area (Å²) in [5, 5.41) is 0. The molecule has 0 heterocycles. The average Bonchev–Trinajstić information content (AvgIpc) is 2.46. The molecule has 0 aromatic carbocycles. The molecule has 0 saturated heterocycles. The first-order valence-electron chi connectivity index (χ1n) is 9.48. The first kappa shape index (κ1) is 17.8. The van der Waals surface area contributed by atoms with Gasteiger partial charge < -0.3 is 0 Å². The Balaban J connectivity index is 2.06. The molecule has 20 heavy (non-hydrogen) atoms. The van der Waals surface area contributed by atoms with Gasteiger partial charge in [-0.3, -0.25) is 0 Å². The summed E-state index contributed by atoms with van der Waals surface area (Å²) < 4.78 is 0. The van der Waals surface area contributed by atoms with Gasteiger partial charge in [-0.2, -0.15) is 0 Å². The Kier molecular flexibility index (Phi) is 13.5. The SMILES string of the molecule is [CH]1/C=C\CCCCCCCCCCCCCCCCC1. The monoisotopic (exact) mass is 277 g/mol. The van der Waals surface area contributed by atoms with Crippen molar-refractivity contribution >= 4 is 0 Å². The maximum absolute atomic E-state index is 2.37. The summed E-state index contributed by atoms with van der Waals surface area (Å²) in [4.78, 5) is 0. The van der Waals surface area contributed by atoms with Gasteiger partial charge in [0.2, 0.25) is 0 Å². The molecule has 117 valence electrons. The quantitative estimate of drug-likeness (QED) is 0.433. The van der Waals surface area contributed by atoms with E-state index in [9.17, 15) is 0 Å². The van der Waals surface area contributed by atoms with Gasteiger partial charge in [0.1, 0.15) is 0 Å². The van der Waals surface area contributed by atoms with Crippen molar-refractivity contribution in [2.45, 2.75) is 109 Å². The molecule has 1 aliphatic carbocycles. The fourth-order valence-electron chi connectivity index (χ4n) is 3.11. The molecule has 0 heteroatoms. The number of hydrogen-bond acceptors (Lipinski definition) is 0. The van der Waals surface area contributed by atoms with Gasteiger partial charge in [0.05, 0.1) is 0 Å². The van der Waals surface area contributed by atoms with Crippen LogP contribution in [0.5, 0.6) is 0 Å². The van der Waals surface area contributed by atoms with Crippen molar-refractivity contribution in [2.24, 2.45) is 0 Å². The highest BCUT2D eigenvalue weighted by Gasteiger charge is 1.95. The Morgan fingerprint density at radius 3 is 1.15 bits per heavy atom. The summed E-state index contributed by atoms with van der Waals surface area (Å²) in [6.45, 7) is 0. The molecule has 0 amide bonds. The maximum atomic E-state index is 2.37. The Morgan fingerprint density at radius 2 is 0.700 bits per heavy atom. The van der Waals surface area contributed by atoms with E-state index in [-0.39, 0.29) is 0 Å². The van der Waals surface area contributed by atoms with Crippen LogP contribution < -0.4 is 0 Å². The third-order valence-electron chi connectivity index (χ3n) is 4.51. The zero-order valence-electron chi connectivity index (χ0n) is 13.8. The predicted molar refractivity (Wildman–Crippen MR) is 91.9 cm³/mol. The second-order valence-corrected chi connectivity index (χ2v) is 6.54. The summed E-state index contributed by atoms with van der Waals surface area (Å²) in [6.07, 6.45) is 31.5. The van der Waals surface area contributed by atoms with Crippen LogP contribution in [0, 0.1) is 6.42 Å². The summed E-state index contributed by atoms with van der Waals surface area (Å²) in [7, 11) is 0. The highest BCUT2D eigenvalue weighted by atomic mass is 14.0. The Morgan fingerprint density at radius 1 is 0.350 bits per heavy atom. The molecule has 0 N–H and O–H groups in total. The van der Waals surface area contributed by atoms with E-state index in [1.807, 2.05) is 0 Å². The first-order chi connectivity index (χ1) is 10.0. The average molecular weight is 278 g/mol. The van der Waals surface area contributed by atoms with Crippen LogP contribution in [0.4, 0.5) is 0 Å². The van der Waals surface area contributed by atoms with Gasteiger partial charge in [0.15, 0.2) is 0 Å². The minimum absolute atomic E-state index is 1.29. The molecule has 0 aliphatic heterocycles. The van der Waals surface area contributed by atoms with Crippen LogP contribution in [-0.4, -0.2) is 0 Å². The summed E-state index contributed by atoms with van der Waals surface area (Å²) >= 11 is 0. The molecule has 0 unspecified atom stereocenters. The molecular weight excluding hydrogens is 240 g/mol. The molecular formula is C20H37. The Bertz CT molecular complexity index is 182. The molecule has 1 aliphatic rings. The van der Waals surface area contributed by atoms with Gasteiger partial charge in [-0.05, 0) is 25.7 Å². The normalized spacial score (nSPS) is 24.8. The van der Waals surface area contributed by atoms with Gasteiger partial charge in [0.25, 0.3) is 0 Å². The third kappa shape index (κ3) is 12.8. The van der Waals surface area contributed by atoms with Gasteiger partial charge >= 0.3 is 0 Å². The van der Waals surface area contributed by atoms with Gasteiger partial charge in [-0.15, -0.1) is 0 Å². The zero-order chi connectivity index (χ0) is 14.1. The topological polar surface area (TPSA) is 0 Å². The van der Waals surface area contributed by atoms with Crippen molar-refractivity contribution < 1.29 is 0 Å². The molecule has 0 aromatic rings. The molecule has 1 radical (unpaired) electrons. The van der Waals surface area contributed by atoms with Crippen LogP contribution >= 0.6 is 0 Å². The molecule has 1 rings (SSSR count). The van der Waals surface area contributed by atoms with Crippen molar-refractivity contribution in [2.75, 3.05) is 0 Å². The summed E-state index contributed by atoms with van der Waals surface area (Å²) in [6, 6.07) is 0. The predicted octanol–water partition coefficient (Wildman–Crippen LogP) is 7.39. The second kappa shape index (κ2) is 15.1. The van der Waals surface area contributed by atoms with Crippen molar-refractivity contribution in [1.29, 1.82) is 0 Å². The molecule has 0 atom stereocenters. The van der Waals surface area contributed by atoms with E-state index in [0.717, 1.165) is 0 Å². The van der Waals surface area contributed by atoms with Gasteiger partial charge in [0, 0.05) is 0 Å². The van der Waals surface area contributed by atoms with E-state index in [4.69, 9.17) is 0 Å². The van der Waals surface area contributed by atoms with Gasteiger partial charge in [-0.1, -0.05) is 102 Å². The first-order valence-corrected chi connectivity index (χ1v) is 9.48. The van der Waals surface area contributed by atoms with Crippen LogP contribution in [0.25, 0.3) is 0 Å². The fraction of sp³-hybridized carbons (Fsp3) is 0.850. The lowest BCUT2D eigenvalue weighted by atomic mass is 10.0. The number of hydrogen-bond donors (Lipinski definition) is 0. The largest absolute Gasteiger partial charge is 0.0882 e. The van der Waals surface area contributed by atoms with E-state index >= 15 is 0 Å². The highest BCUT2D eigenvalue weighted by Crippen LogP contribution is 2.14. The lowest BCUT2D eigenvalue weighted by Gasteiger charge is -2.04. The van der Waals surface area contributed by atoms with Crippen LogP contribution in [0.3, 0.4) is 0 Å². The van der Waals surface area contributed by atoms with E-state index in [2.05, 4.69) is 18.6 Å². The van der Waals surface area contributed by atoms with Crippen LogP contribution in [0.1, 0.15) is 109 Å². The van der Waals surface area contributed by atoms with E-state index in [1.165, 1.54) is 109 Å². The maximum Gasteiger partial charge on any atom is -0.0171 e. The van der Waals surface area contributed by atoms with Crippen LogP contribution in [0.2, 0.25) is 0 Å². The number of allylic oxidation sites excluding steroid dienone is 2. The number of rotatable bonds is 0. The molecule has 0 saturated carbocycles. The van der Waals surface area contributed by atoms with Crippen molar-refractivity contribution in [3.63, 3.8) is 0 Å². The lowest BCUT2D eigenvalue weighted by molar-refractivity contribution is 0.530. The third-order valence-corrected chi connectivity index (χ3v) is 4.51. The van der Waals surface area contributed by atoms with Gasteiger partial charge in [-0.25, -0.2) is 0 Å². The van der Waals surface area contributed by atoms with E-state index < -0.39 is 0 Å². The van der Waals surface area contributed by atoms with Crippen molar-refractivity contribution in [3.8, 4) is 0 Å². The summed E-state index contributed by atoms with van der Waals surface area (Å²) in [5.41, 5.74) is 0. The molecule has 0 bridgehead atoms.